The van der Waals surface area contributed by atoms with E-state index in [9.17, 15) is 28.4 Å². The van der Waals surface area contributed by atoms with Gasteiger partial charge in [0.05, 0.1) is 58.6 Å². The topological polar surface area (TPSA) is 205 Å². The van der Waals surface area contributed by atoms with Crippen LogP contribution in [0.1, 0.15) is 113 Å². The van der Waals surface area contributed by atoms with Crippen LogP contribution in [-0.2, 0) is 19.5 Å². The van der Waals surface area contributed by atoms with Crippen LogP contribution in [0.2, 0.25) is 0 Å². The first kappa shape index (κ1) is 49.4. The number of aliphatic hydroxyl groups is 1. The summed E-state index contributed by atoms with van der Waals surface area (Å²) in [4.78, 5) is 41.3. The highest BCUT2D eigenvalue weighted by molar-refractivity contribution is 7.90. The maximum atomic E-state index is 14.7. The first-order valence-electron chi connectivity index (χ1n) is 26.2. The summed E-state index contributed by atoms with van der Waals surface area (Å²) < 4.78 is 49.3. The smallest absolute Gasteiger partial charge is 0.293 e. The molecule has 388 valence electrons. The van der Waals surface area contributed by atoms with Gasteiger partial charge in [-0.3, -0.25) is 19.8 Å². The number of carbonyl (C=O) groups is 1. The number of nitro benzene ring substituents is 1. The monoisotopic (exact) mass is 1020 g/mol. The van der Waals surface area contributed by atoms with Crippen molar-refractivity contribution in [3.05, 3.63) is 106 Å². The van der Waals surface area contributed by atoms with Crippen molar-refractivity contribution in [2.75, 3.05) is 67.7 Å². The number of nitrogens with one attached hydrogen (secondary N) is 3. The number of fused-ring (bicyclic) bond motifs is 3. The van der Waals surface area contributed by atoms with Crippen molar-refractivity contribution >= 4 is 55.4 Å². The lowest BCUT2D eigenvalue weighted by atomic mass is 9.53. The van der Waals surface area contributed by atoms with Gasteiger partial charge in [0, 0.05) is 62.2 Å². The Bertz CT molecular complexity index is 3000. The lowest BCUT2D eigenvalue weighted by molar-refractivity contribution is -0.384. The number of nitrogens with zero attached hydrogens (tertiary/aromatic N) is 5. The van der Waals surface area contributed by atoms with E-state index in [0.29, 0.717) is 86.4 Å². The molecule has 2 aromatic heterocycles. The molecule has 6 heterocycles. The predicted molar refractivity (Wildman–Crippen MR) is 279 cm³/mol. The minimum atomic E-state index is -4.63. The molecule has 0 radical (unpaired) electrons. The Balaban J connectivity index is 0.873. The molecule has 2 saturated carbocycles. The molecule has 4 N–H and O–H groups in total. The molecule has 4 aliphatic heterocycles. The molecule has 2 aliphatic carbocycles. The Hall–Kier alpha value is -5.79. The number of aromatic amines is 1. The van der Waals surface area contributed by atoms with Gasteiger partial charge in [0.1, 0.15) is 23.1 Å². The number of aromatic nitrogens is 2. The lowest BCUT2D eigenvalue weighted by Gasteiger charge is -2.62. The van der Waals surface area contributed by atoms with Gasteiger partial charge in [-0.15, -0.1) is 0 Å². The zero-order chi connectivity index (χ0) is 50.8. The SMILES string of the molecule is CC(C)c1ccccc1[C@@H]1COCCN1[C@@H]1CC2(CCN(c3ccc(C(=O)NS(=O)(=O)c4ccc(NCC5CCC(C)(O)CC5)c([N+](=O)[O-])c4)c(N4c5cc6cc[nH]c6nc5O[C@H]5COCC[C@@H]54)c3)CC2)[C@H]1C. The molecule has 73 heavy (non-hydrogen) atoms. The van der Waals surface area contributed by atoms with Crippen LogP contribution in [0, 0.1) is 27.4 Å². The van der Waals surface area contributed by atoms with Crippen molar-refractivity contribution in [2.45, 2.75) is 120 Å². The van der Waals surface area contributed by atoms with Gasteiger partial charge < -0.3 is 39.4 Å². The third-order valence-corrected chi connectivity index (χ3v) is 18.7. The van der Waals surface area contributed by atoms with E-state index < -0.39 is 43.1 Å². The van der Waals surface area contributed by atoms with Gasteiger partial charge in [-0.2, -0.15) is 4.98 Å². The number of anilines is 4. The number of amides is 1. The van der Waals surface area contributed by atoms with E-state index in [4.69, 9.17) is 19.2 Å². The number of morpholine rings is 1. The fourth-order valence-corrected chi connectivity index (χ4v) is 13.9. The Kier molecular flexibility index (Phi) is 13.2. The van der Waals surface area contributed by atoms with E-state index >= 15 is 0 Å². The maximum absolute atomic E-state index is 14.7. The molecule has 5 fully saturated rings. The number of pyridine rings is 1. The maximum Gasteiger partial charge on any atom is 0.293 e. The summed E-state index contributed by atoms with van der Waals surface area (Å²) in [5.74, 6) is 0.599. The van der Waals surface area contributed by atoms with Crippen LogP contribution in [0.5, 0.6) is 5.88 Å². The largest absolute Gasteiger partial charge is 0.468 e. The minimum Gasteiger partial charge on any atom is -0.468 e. The van der Waals surface area contributed by atoms with Gasteiger partial charge in [-0.05, 0) is 135 Å². The van der Waals surface area contributed by atoms with Crippen LogP contribution in [0.3, 0.4) is 0 Å². The Labute approximate surface area is 427 Å². The van der Waals surface area contributed by atoms with E-state index in [2.05, 4.69) is 74.8 Å². The zero-order valence-corrected chi connectivity index (χ0v) is 43.0. The molecule has 18 heteroatoms. The van der Waals surface area contributed by atoms with Crippen LogP contribution in [0.4, 0.5) is 28.4 Å². The molecule has 5 atom stereocenters. The van der Waals surface area contributed by atoms with Crippen molar-refractivity contribution in [1.29, 1.82) is 0 Å². The summed E-state index contributed by atoms with van der Waals surface area (Å²) >= 11 is 0. The molecule has 6 aliphatic rings. The average molecular weight is 1020 g/mol. The second-order valence-electron chi connectivity index (χ2n) is 22.1. The van der Waals surface area contributed by atoms with Crippen molar-refractivity contribution in [1.82, 2.24) is 19.6 Å². The van der Waals surface area contributed by atoms with Crippen molar-refractivity contribution in [2.24, 2.45) is 17.3 Å². The van der Waals surface area contributed by atoms with Gasteiger partial charge in [-0.1, -0.05) is 45.0 Å². The number of hydrogen-bond donors (Lipinski definition) is 4. The average Bonchev–Trinajstić information content (AvgIpc) is 3.85. The van der Waals surface area contributed by atoms with Crippen LogP contribution < -0.4 is 24.6 Å². The molecule has 1 spiro atoms. The Morgan fingerprint density at radius 2 is 1.73 bits per heavy atom. The van der Waals surface area contributed by atoms with Gasteiger partial charge in [0.25, 0.3) is 21.6 Å². The fraction of sp³-hybridized carbons (Fsp3) is 0.527. The molecule has 1 amide bonds. The van der Waals surface area contributed by atoms with Gasteiger partial charge in [0.15, 0.2) is 0 Å². The van der Waals surface area contributed by atoms with Gasteiger partial charge in [0.2, 0.25) is 5.88 Å². The normalized spacial score (nSPS) is 27.2. The molecule has 3 aromatic carbocycles. The molecule has 17 nitrogen and oxygen atoms in total. The van der Waals surface area contributed by atoms with E-state index in [0.717, 1.165) is 75.5 Å². The molecule has 0 bridgehead atoms. The zero-order valence-electron chi connectivity index (χ0n) is 42.2. The van der Waals surface area contributed by atoms with Crippen LogP contribution in [0.25, 0.3) is 11.0 Å². The first-order valence-corrected chi connectivity index (χ1v) is 27.7. The summed E-state index contributed by atoms with van der Waals surface area (Å²) in [6, 6.07) is 22.4. The minimum absolute atomic E-state index is 0.113. The second-order valence-corrected chi connectivity index (χ2v) is 23.8. The Morgan fingerprint density at radius 1 is 0.945 bits per heavy atom. The van der Waals surface area contributed by atoms with Gasteiger partial charge in [-0.25, -0.2) is 13.1 Å². The van der Waals surface area contributed by atoms with Crippen LogP contribution >= 0.6 is 0 Å². The number of carbonyl (C=O) groups excluding carboxylic acids is 1. The van der Waals surface area contributed by atoms with Crippen LogP contribution in [0.15, 0.2) is 83.9 Å². The summed E-state index contributed by atoms with van der Waals surface area (Å²) in [6.45, 7) is 14.0. The standard InChI is InChI=1S/C55H68N8O9S/c1-34(2)40-7-5-6-8-41(40)49-32-71-26-24-61(49)48-30-55(35(48)3)19-22-60(23-20-55)38-9-11-42(45(28-38)62-44-16-25-70-33-50(44)72-53-47(62)27-37-15-21-56-51(37)58-53)52(64)59-73(68,69)39-10-12-43(46(29-39)63(66)67)57-31-36-13-17-54(4,65)18-14-36/h5-12,15,21,27-29,34-36,44,48-50,57,65H,13-14,16-20,22-26,30-33H2,1-4H3,(H,56,58)(H,59,64)/t35-,36?,44-,48+,49-,50-,54?/m0/s1. The summed E-state index contributed by atoms with van der Waals surface area (Å²) in [5, 5.41) is 26.8. The number of rotatable bonds is 12. The molecular formula is C55H68N8O9S. The summed E-state index contributed by atoms with van der Waals surface area (Å²) in [5.41, 5.74) is 4.81. The van der Waals surface area contributed by atoms with Crippen molar-refractivity contribution < 1.29 is 37.5 Å². The van der Waals surface area contributed by atoms with E-state index in [1.165, 1.54) is 23.3 Å². The van der Waals surface area contributed by atoms with Crippen LogP contribution in [-0.4, -0.2) is 116 Å². The molecule has 11 rings (SSSR count). The van der Waals surface area contributed by atoms with Crippen molar-refractivity contribution in [3.8, 4) is 5.88 Å². The van der Waals surface area contributed by atoms with E-state index in [1.807, 2.05) is 37.4 Å². The molecule has 3 saturated heterocycles. The lowest BCUT2D eigenvalue weighted by Crippen LogP contribution is -2.63. The van der Waals surface area contributed by atoms with E-state index in [1.54, 1.807) is 6.07 Å². The van der Waals surface area contributed by atoms with Crippen molar-refractivity contribution in [3.63, 3.8) is 0 Å². The van der Waals surface area contributed by atoms with E-state index in [-0.39, 0.29) is 34.7 Å². The van der Waals surface area contributed by atoms with Gasteiger partial charge >= 0.3 is 0 Å². The highest BCUT2D eigenvalue weighted by Gasteiger charge is 2.55. The fourth-order valence-electron chi connectivity index (χ4n) is 13.0. The highest BCUT2D eigenvalue weighted by atomic mass is 32.2. The number of sulfonamides is 1. The third-order valence-electron chi connectivity index (χ3n) is 17.4. The molecule has 0 unspecified atom stereocenters. The number of piperidine rings is 1. The highest BCUT2D eigenvalue weighted by Crippen LogP contribution is 2.57. The Morgan fingerprint density at radius 3 is 2.49 bits per heavy atom. The quantitative estimate of drug-likeness (QED) is 0.0681. The summed E-state index contributed by atoms with van der Waals surface area (Å²) in [6.07, 6.45) is 7.90. The first-order chi connectivity index (χ1) is 35.1. The molecular weight excluding hydrogens is 949 g/mol. The number of benzene rings is 3. The molecule has 5 aromatic rings. The number of H-pyrrole nitrogens is 1. The third kappa shape index (κ3) is 9.42. The summed E-state index contributed by atoms with van der Waals surface area (Å²) in [7, 11) is -4.63. The second kappa shape index (κ2) is 19.5. The predicted octanol–water partition coefficient (Wildman–Crippen LogP) is 8.82. The number of ether oxygens (including phenoxy) is 3. The number of hydrogen-bond acceptors (Lipinski definition) is 14. The number of nitro groups is 1.